The van der Waals surface area contributed by atoms with Crippen molar-refractivity contribution in [2.45, 2.75) is 154 Å². The summed E-state index contributed by atoms with van der Waals surface area (Å²) < 4.78 is 38.3. The fourth-order valence-corrected chi connectivity index (χ4v) is 5.95. The van der Waals surface area contributed by atoms with E-state index in [1.165, 1.54) is 0 Å². The van der Waals surface area contributed by atoms with Gasteiger partial charge in [0, 0.05) is 25.9 Å². The molecule has 7 N–H and O–H groups in total. The monoisotopic (exact) mass is 949 g/mol. The van der Waals surface area contributed by atoms with Crippen LogP contribution in [0.15, 0.2) is 0 Å². The summed E-state index contributed by atoms with van der Waals surface area (Å²) in [6, 6.07) is -2.87. The van der Waals surface area contributed by atoms with Crippen molar-refractivity contribution in [2.24, 2.45) is 5.73 Å². The minimum absolute atomic E-state index is 0.0749. The zero-order valence-corrected chi connectivity index (χ0v) is 40.6. The van der Waals surface area contributed by atoms with Crippen LogP contribution < -0.4 is 32.3 Å². The highest BCUT2D eigenvalue weighted by Crippen LogP contribution is 2.23. The predicted octanol–water partition coefficient (Wildman–Crippen LogP) is 1.39. The van der Waals surface area contributed by atoms with Gasteiger partial charge >= 0.3 is 17.9 Å². The van der Waals surface area contributed by atoms with E-state index >= 15 is 0 Å². The van der Waals surface area contributed by atoms with Crippen molar-refractivity contribution in [3.05, 3.63) is 0 Å². The van der Waals surface area contributed by atoms with Crippen LogP contribution in [0, 0.1) is 0 Å². The second kappa shape index (κ2) is 34.7. The number of unbranched alkanes of at least 4 members (excludes halogenated alkanes) is 1. The van der Waals surface area contributed by atoms with Crippen molar-refractivity contribution in [2.75, 3.05) is 84.8 Å². The molecule has 3 unspecified atom stereocenters. The molecule has 0 radical (unpaired) electrons. The van der Waals surface area contributed by atoms with Gasteiger partial charge in [-0.1, -0.05) is 0 Å². The van der Waals surface area contributed by atoms with E-state index in [1.807, 2.05) is 0 Å². The van der Waals surface area contributed by atoms with Crippen molar-refractivity contribution in [1.82, 2.24) is 26.6 Å². The van der Waals surface area contributed by atoms with Gasteiger partial charge in [0.15, 0.2) is 0 Å². The molecule has 0 aromatic rings. The molecule has 1 fully saturated rings. The molecule has 0 bridgehead atoms. The summed E-state index contributed by atoms with van der Waals surface area (Å²) in [6.07, 6.45) is 6.04. The first-order valence-corrected chi connectivity index (χ1v) is 23.6. The van der Waals surface area contributed by atoms with E-state index in [1.54, 1.807) is 41.5 Å². The molecule has 4 amide bonds. The highest BCUT2D eigenvalue weighted by Gasteiger charge is 2.31. The molecule has 1 aliphatic rings. The van der Waals surface area contributed by atoms with Crippen LogP contribution in [0.25, 0.3) is 0 Å². The normalized spacial score (nSPS) is 14.3. The van der Waals surface area contributed by atoms with Gasteiger partial charge in [0.1, 0.15) is 48.6 Å². The molecule has 0 saturated heterocycles. The van der Waals surface area contributed by atoms with Crippen molar-refractivity contribution in [1.29, 1.82) is 0 Å². The average molecular weight is 949 g/mol. The van der Waals surface area contributed by atoms with E-state index < -0.39 is 65.0 Å². The lowest BCUT2D eigenvalue weighted by Gasteiger charge is -2.27. The Balaban J connectivity index is 2.48. The first kappa shape index (κ1) is 59.4. The van der Waals surface area contributed by atoms with Gasteiger partial charge in [-0.15, -0.1) is 0 Å². The number of nitrogens with two attached hydrogens (primary N) is 1. The highest BCUT2D eigenvalue weighted by atomic mass is 32.1. The molecule has 0 aromatic carbocycles. The van der Waals surface area contributed by atoms with Gasteiger partial charge in [0.05, 0.1) is 39.6 Å². The van der Waals surface area contributed by atoms with Crippen LogP contribution in [0.4, 0.5) is 0 Å². The van der Waals surface area contributed by atoms with Crippen LogP contribution in [0.3, 0.4) is 0 Å². The summed E-state index contributed by atoms with van der Waals surface area (Å²) in [5, 5.41) is 14.0. The molecule has 1 rings (SSSR count). The standard InChI is InChI=1S/C44H80N6O14S/c1-43(2,3)63-41(56)34(15-10-20-46-21-23-58-25-27-60-30-38(53)49-33(14-7-8-19-45)40(55)62-32-12-9-13-32)48-37(52)18-17-35(42(57)64-44(4,5)6)50-39(54)31-61-28-26-59-24-22-47-36(51)16-11-29-65/h32-35,46,65H,7-31,45H2,1-6H3,(H,47,51)(H,48,52)(H,49,53)(H,50,54). The maximum absolute atomic E-state index is 13.2. The molecular formula is C44H80N6O14S. The van der Waals surface area contributed by atoms with Crippen molar-refractivity contribution >= 4 is 54.2 Å². The van der Waals surface area contributed by atoms with E-state index in [0.29, 0.717) is 70.6 Å². The van der Waals surface area contributed by atoms with Gasteiger partial charge in [-0.3, -0.25) is 19.2 Å². The largest absolute Gasteiger partial charge is 0.461 e. The van der Waals surface area contributed by atoms with E-state index in [0.717, 1.165) is 25.7 Å². The lowest BCUT2D eigenvalue weighted by molar-refractivity contribution is -0.160. The minimum Gasteiger partial charge on any atom is -0.461 e. The summed E-state index contributed by atoms with van der Waals surface area (Å²) in [7, 11) is 0. The zero-order valence-electron chi connectivity index (χ0n) is 39.7. The van der Waals surface area contributed by atoms with Crippen molar-refractivity contribution < 1.29 is 66.7 Å². The van der Waals surface area contributed by atoms with Crippen molar-refractivity contribution in [3.63, 3.8) is 0 Å². The van der Waals surface area contributed by atoms with E-state index in [-0.39, 0.29) is 77.5 Å². The first-order chi connectivity index (χ1) is 30.8. The molecule has 0 heterocycles. The predicted molar refractivity (Wildman–Crippen MR) is 245 cm³/mol. The van der Waals surface area contributed by atoms with Crippen molar-refractivity contribution in [3.8, 4) is 0 Å². The molecule has 0 aromatic heterocycles. The number of carbonyl (C=O) groups excluding carboxylic acids is 7. The number of ether oxygens (including phenoxy) is 7. The van der Waals surface area contributed by atoms with Crippen LogP contribution in [0.2, 0.25) is 0 Å². The third-order valence-electron chi connectivity index (χ3n) is 9.23. The zero-order chi connectivity index (χ0) is 48.5. The Morgan fingerprint density at radius 2 is 1.08 bits per heavy atom. The summed E-state index contributed by atoms with van der Waals surface area (Å²) in [5.74, 6) is -2.74. The Morgan fingerprint density at radius 1 is 0.569 bits per heavy atom. The second-order valence-corrected chi connectivity index (χ2v) is 18.1. The summed E-state index contributed by atoms with van der Waals surface area (Å²) in [4.78, 5) is 88.7. The number of rotatable bonds is 37. The number of hydrogen-bond acceptors (Lipinski definition) is 17. The van der Waals surface area contributed by atoms with Gasteiger partial charge in [-0.2, -0.15) is 12.6 Å². The molecule has 3 atom stereocenters. The van der Waals surface area contributed by atoms with Gasteiger partial charge in [0.2, 0.25) is 23.6 Å². The van der Waals surface area contributed by atoms with Crippen LogP contribution >= 0.6 is 12.6 Å². The Hall–Kier alpha value is -3.60. The molecule has 376 valence electrons. The number of amides is 4. The first-order valence-electron chi connectivity index (χ1n) is 23.0. The van der Waals surface area contributed by atoms with Crippen LogP contribution in [-0.4, -0.2) is 162 Å². The smallest absolute Gasteiger partial charge is 0.329 e. The maximum Gasteiger partial charge on any atom is 0.329 e. The van der Waals surface area contributed by atoms with E-state index in [2.05, 4.69) is 39.2 Å². The van der Waals surface area contributed by atoms with Gasteiger partial charge in [-0.05, 0) is 125 Å². The third-order valence-corrected chi connectivity index (χ3v) is 9.54. The summed E-state index contributed by atoms with van der Waals surface area (Å²) in [5.41, 5.74) is 3.91. The topological polar surface area (TPSA) is 270 Å². The number of thiol groups is 1. The Kier molecular flexibility index (Phi) is 31.7. The maximum atomic E-state index is 13.2. The van der Waals surface area contributed by atoms with Crippen LogP contribution in [-0.2, 0) is 66.7 Å². The summed E-state index contributed by atoms with van der Waals surface area (Å²) >= 11 is 4.08. The molecule has 21 heteroatoms. The molecule has 65 heavy (non-hydrogen) atoms. The van der Waals surface area contributed by atoms with Gasteiger partial charge in [-0.25, -0.2) is 14.4 Å². The van der Waals surface area contributed by atoms with E-state index in [9.17, 15) is 33.6 Å². The third kappa shape index (κ3) is 32.7. The second-order valence-electron chi connectivity index (χ2n) is 17.6. The molecule has 0 aliphatic heterocycles. The number of hydrogen-bond donors (Lipinski definition) is 7. The Labute approximate surface area is 391 Å². The van der Waals surface area contributed by atoms with Gasteiger partial charge in [0.25, 0.3) is 0 Å². The number of nitrogens with one attached hydrogen (secondary N) is 5. The fourth-order valence-electron chi connectivity index (χ4n) is 5.80. The van der Waals surface area contributed by atoms with Crippen LogP contribution in [0.1, 0.15) is 119 Å². The lowest BCUT2D eigenvalue weighted by Crippen LogP contribution is -2.47. The molecule has 20 nitrogen and oxygen atoms in total. The molecule has 0 spiro atoms. The average Bonchev–Trinajstić information content (AvgIpc) is 3.20. The number of esters is 3. The Bertz CT molecular complexity index is 1410. The Morgan fingerprint density at radius 3 is 1.60 bits per heavy atom. The lowest BCUT2D eigenvalue weighted by atomic mass is 9.96. The van der Waals surface area contributed by atoms with Crippen LogP contribution in [0.5, 0.6) is 0 Å². The highest BCUT2D eigenvalue weighted by molar-refractivity contribution is 7.80. The van der Waals surface area contributed by atoms with Gasteiger partial charge < -0.3 is 65.5 Å². The van der Waals surface area contributed by atoms with E-state index in [4.69, 9.17) is 38.9 Å². The fraction of sp³-hybridized carbons (Fsp3) is 0.841. The summed E-state index contributed by atoms with van der Waals surface area (Å²) in [6.45, 7) is 12.8. The molecular weight excluding hydrogens is 869 g/mol. The SMILES string of the molecule is CC(C)(C)OC(=O)C(CCCNCCOCCOCC(=O)NC(CCCCN)C(=O)OC1CCC1)NC(=O)CCC(NC(=O)COCCOCCNC(=O)CCCS)C(=O)OC(C)(C)C. The minimum atomic E-state index is -1.17. The quantitative estimate of drug-likeness (QED) is 0.0201. The molecule has 1 saturated carbocycles. The number of carbonyl (C=O) groups is 7. The molecule has 1 aliphatic carbocycles.